The van der Waals surface area contributed by atoms with E-state index in [1.165, 1.54) is 0 Å². The van der Waals surface area contributed by atoms with Crippen molar-refractivity contribution in [2.24, 2.45) is 10.9 Å². The predicted octanol–water partition coefficient (Wildman–Crippen LogP) is 0.165. The molecule has 0 heterocycles. The molecular formula is C9H10N2O3. The highest BCUT2D eigenvalue weighted by Crippen LogP contribution is 2.11. The molecule has 0 bridgehead atoms. The van der Waals surface area contributed by atoms with Gasteiger partial charge in [-0.05, 0) is 5.56 Å². The van der Waals surface area contributed by atoms with Crippen LogP contribution in [0.25, 0.3) is 0 Å². The fraction of sp³-hybridized carbons (Fsp3) is 0.111. The lowest BCUT2D eigenvalue weighted by atomic mass is 10.1. The number of amidine groups is 1. The van der Waals surface area contributed by atoms with Crippen LogP contribution in [0.3, 0.4) is 0 Å². The average molecular weight is 194 g/mol. The third-order valence-electron chi connectivity index (χ3n) is 1.60. The zero-order valence-electron chi connectivity index (χ0n) is 7.33. The summed E-state index contributed by atoms with van der Waals surface area (Å²) < 4.78 is 0. The normalized spacial score (nSPS) is 13.4. The number of benzene rings is 1. The highest BCUT2D eigenvalue weighted by atomic mass is 16.7. The molecule has 0 spiro atoms. The smallest absolute Gasteiger partial charge is 0.323 e. The van der Waals surface area contributed by atoms with Gasteiger partial charge in [-0.2, -0.15) is 0 Å². The molecule has 0 saturated carbocycles. The Morgan fingerprint density at radius 1 is 1.50 bits per heavy atom. The first-order valence-corrected chi connectivity index (χ1v) is 3.91. The van der Waals surface area contributed by atoms with Gasteiger partial charge in [0.15, 0.2) is 5.84 Å². The van der Waals surface area contributed by atoms with Gasteiger partial charge in [-0.3, -0.25) is 4.79 Å². The second-order valence-corrected chi connectivity index (χ2v) is 2.53. The second kappa shape index (κ2) is 4.98. The van der Waals surface area contributed by atoms with Crippen molar-refractivity contribution in [1.82, 2.24) is 0 Å². The summed E-state index contributed by atoms with van der Waals surface area (Å²) in [6, 6.07) is 8.70. The first-order chi connectivity index (χ1) is 6.75. The Kier molecular flexibility index (Phi) is 3.63. The van der Waals surface area contributed by atoms with Crippen molar-refractivity contribution in [3.8, 4) is 0 Å². The van der Waals surface area contributed by atoms with E-state index in [0.717, 1.165) is 0 Å². The van der Waals surface area contributed by atoms with Crippen LogP contribution in [0, 0.1) is 0 Å². The van der Waals surface area contributed by atoms with E-state index in [2.05, 4.69) is 9.99 Å². The molecule has 74 valence electrons. The minimum absolute atomic E-state index is 0.130. The highest BCUT2D eigenvalue weighted by molar-refractivity contribution is 5.85. The largest absolute Gasteiger partial charge is 0.382 e. The highest BCUT2D eigenvalue weighted by Gasteiger charge is 2.11. The number of oxime groups is 1. The van der Waals surface area contributed by atoms with Crippen LogP contribution in [0.5, 0.6) is 0 Å². The zero-order chi connectivity index (χ0) is 10.4. The minimum atomic E-state index is -1.06. The van der Waals surface area contributed by atoms with Gasteiger partial charge in [0.25, 0.3) is 0 Å². The number of carbonyl (C=O) groups excluding carboxylic acids is 1. The lowest BCUT2D eigenvalue weighted by molar-refractivity contribution is -0.128. The summed E-state index contributed by atoms with van der Waals surface area (Å²) in [7, 11) is 0. The van der Waals surface area contributed by atoms with Crippen LogP contribution in [-0.2, 0) is 9.63 Å². The summed E-state index contributed by atoms with van der Waals surface area (Å²) >= 11 is 0. The van der Waals surface area contributed by atoms with Crippen LogP contribution < -0.4 is 5.73 Å². The maximum Gasteiger partial charge on any atom is 0.323 e. The summed E-state index contributed by atoms with van der Waals surface area (Å²) in [6.07, 6.45) is -1.06. The molecular weight excluding hydrogens is 184 g/mol. The van der Waals surface area contributed by atoms with Crippen LogP contribution in [0.4, 0.5) is 0 Å². The van der Waals surface area contributed by atoms with Crippen molar-refractivity contribution in [3.63, 3.8) is 0 Å². The fourth-order valence-electron chi connectivity index (χ4n) is 0.938. The van der Waals surface area contributed by atoms with Crippen LogP contribution in [0.1, 0.15) is 11.7 Å². The van der Waals surface area contributed by atoms with Gasteiger partial charge in [-0.25, -0.2) is 0 Å². The van der Waals surface area contributed by atoms with Crippen LogP contribution in [0.15, 0.2) is 35.5 Å². The monoisotopic (exact) mass is 194 g/mol. The van der Waals surface area contributed by atoms with Gasteiger partial charge >= 0.3 is 6.47 Å². The summed E-state index contributed by atoms with van der Waals surface area (Å²) in [5, 5.41) is 12.8. The molecule has 3 N–H and O–H groups in total. The third-order valence-corrected chi connectivity index (χ3v) is 1.60. The molecule has 0 aliphatic rings. The van der Waals surface area contributed by atoms with E-state index in [9.17, 15) is 9.90 Å². The van der Waals surface area contributed by atoms with E-state index in [0.29, 0.717) is 5.56 Å². The summed E-state index contributed by atoms with van der Waals surface area (Å²) in [5.74, 6) is -0.164. The van der Waals surface area contributed by atoms with Crippen molar-refractivity contribution >= 4 is 12.3 Å². The predicted molar refractivity (Wildman–Crippen MR) is 50.2 cm³/mol. The van der Waals surface area contributed by atoms with Gasteiger partial charge in [-0.1, -0.05) is 35.5 Å². The van der Waals surface area contributed by atoms with Gasteiger partial charge in [0.2, 0.25) is 0 Å². The number of aliphatic hydroxyl groups is 1. The number of nitrogens with zero attached hydrogens (tertiary/aromatic N) is 1. The second-order valence-electron chi connectivity index (χ2n) is 2.53. The molecule has 0 radical (unpaired) electrons. The van der Waals surface area contributed by atoms with Gasteiger partial charge in [0.1, 0.15) is 6.10 Å². The molecule has 5 nitrogen and oxygen atoms in total. The van der Waals surface area contributed by atoms with Gasteiger partial charge in [-0.15, -0.1) is 0 Å². The van der Waals surface area contributed by atoms with Crippen molar-refractivity contribution < 1.29 is 14.7 Å². The number of hydrogen-bond donors (Lipinski definition) is 2. The standard InChI is InChI=1S/C9H10N2O3/c10-9(11-14-6-12)8(13)7-4-2-1-3-5-7/h1-6,8,13H,(H2,10,11). The molecule has 1 aromatic carbocycles. The lowest BCUT2D eigenvalue weighted by Gasteiger charge is -2.08. The van der Waals surface area contributed by atoms with E-state index in [-0.39, 0.29) is 12.3 Å². The molecule has 0 aliphatic heterocycles. The molecule has 1 aromatic rings. The molecule has 0 aliphatic carbocycles. The molecule has 14 heavy (non-hydrogen) atoms. The number of carbonyl (C=O) groups is 1. The SMILES string of the molecule is N/C(=N\OC=O)C(O)c1ccccc1. The Bertz CT molecular complexity index is 324. The molecule has 1 unspecified atom stereocenters. The molecule has 0 saturated heterocycles. The Hall–Kier alpha value is -1.88. The summed E-state index contributed by atoms with van der Waals surface area (Å²) in [4.78, 5) is 13.9. The first-order valence-electron chi connectivity index (χ1n) is 3.91. The van der Waals surface area contributed by atoms with E-state index in [1.54, 1.807) is 24.3 Å². The van der Waals surface area contributed by atoms with E-state index in [4.69, 9.17) is 5.73 Å². The maximum absolute atomic E-state index is 9.80. The topological polar surface area (TPSA) is 84.9 Å². The fourth-order valence-corrected chi connectivity index (χ4v) is 0.938. The van der Waals surface area contributed by atoms with E-state index >= 15 is 0 Å². The van der Waals surface area contributed by atoms with Crippen molar-refractivity contribution in [2.45, 2.75) is 6.10 Å². The van der Waals surface area contributed by atoms with Gasteiger partial charge in [0.05, 0.1) is 0 Å². The van der Waals surface area contributed by atoms with Crippen molar-refractivity contribution in [2.75, 3.05) is 0 Å². The van der Waals surface area contributed by atoms with Crippen LogP contribution >= 0.6 is 0 Å². The van der Waals surface area contributed by atoms with Crippen LogP contribution in [0.2, 0.25) is 0 Å². The molecule has 0 fully saturated rings. The summed E-state index contributed by atoms with van der Waals surface area (Å²) in [5.41, 5.74) is 5.94. The number of nitrogens with two attached hydrogens (primary N) is 1. The van der Waals surface area contributed by atoms with Crippen LogP contribution in [-0.4, -0.2) is 17.4 Å². The summed E-state index contributed by atoms with van der Waals surface area (Å²) in [6.45, 7) is 0.130. The van der Waals surface area contributed by atoms with Crippen molar-refractivity contribution in [3.05, 3.63) is 35.9 Å². The molecule has 1 atom stereocenters. The molecule has 0 aromatic heterocycles. The molecule has 5 heteroatoms. The Balaban J connectivity index is 2.75. The van der Waals surface area contributed by atoms with E-state index in [1.807, 2.05) is 6.07 Å². The number of aliphatic hydroxyl groups excluding tert-OH is 1. The average Bonchev–Trinajstić information content (AvgIpc) is 2.26. The van der Waals surface area contributed by atoms with E-state index < -0.39 is 6.10 Å². The lowest BCUT2D eigenvalue weighted by Crippen LogP contribution is -2.21. The molecule has 0 amide bonds. The first kappa shape index (κ1) is 10.2. The minimum Gasteiger partial charge on any atom is -0.382 e. The quantitative estimate of drug-likeness (QED) is 0.235. The van der Waals surface area contributed by atoms with Crippen molar-refractivity contribution in [1.29, 1.82) is 0 Å². The maximum atomic E-state index is 9.80. The third kappa shape index (κ3) is 2.56. The Labute approximate surface area is 80.8 Å². The zero-order valence-corrected chi connectivity index (χ0v) is 7.33. The Morgan fingerprint density at radius 2 is 2.14 bits per heavy atom. The number of rotatable bonds is 4. The van der Waals surface area contributed by atoms with Gasteiger partial charge in [0, 0.05) is 0 Å². The van der Waals surface area contributed by atoms with Gasteiger partial charge < -0.3 is 15.7 Å². The molecule has 1 rings (SSSR count). The Morgan fingerprint density at radius 3 is 2.71 bits per heavy atom. The number of hydrogen-bond acceptors (Lipinski definition) is 4.